The molecule has 0 N–H and O–H groups in total. The first-order valence-electron chi connectivity index (χ1n) is 22.9. The molecule has 0 saturated heterocycles. The van der Waals surface area contributed by atoms with E-state index in [9.17, 15) is 0 Å². The number of nitrogens with zero attached hydrogens (tertiary/aromatic N) is 2. The molecule has 308 valence electrons. The maximum Gasteiger partial charge on any atom is 0.333 e. The van der Waals surface area contributed by atoms with Crippen molar-refractivity contribution in [1.82, 2.24) is 4.57 Å². The van der Waals surface area contributed by atoms with Gasteiger partial charge in [-0.1, -0.05) is 134 Å². The van der Waals surface area contributed by atoms with Gasteiger partial charge in [0, 0.05) is 79.2 Å². The average Bonchev–Trinajstić information content (AvgIpc) is 4.00. The summed E-state index contributed by atoms with van der Waals surface area (Å²) in [5.41, 5.74) is 20.2. The summed E-state index contributed by atoms with van der Waals surface area (Å²) in [6.07, 6.45) is 0. The van der Waals surface area contributed by atoms with E-state index >= 15 is 0 Å². The Kier molecular flexibility index (Phi) is 7.07. The van der Waals surface area contributed by atoms with Crippen LogP contribution in [0.4, 0.5) is 11.4 Å². The summed E-state index contributed by atoms with van der Waals surface area (Å²) < 4.78 is 8.05. The molecule has 11 aromatic rings. The number of thiophene rings is 2. The number of benzene rings is 8. The van der Waals surface area contributed by atoms with E-state index in [0.717, 1.165) is 0 Å². The van der Waals surface area contributed by atoms with Crippen molar-refractivity contribution in [2.75, 3.05) is 4.81 Å². The second kappa shape index (κ2) is 12.1. The van der Waals surface area contributed by atoms with Gasteiger partial charge < -0.3 is 9.38 Å². The lowest BCUT2D eigenvalue weighted by Gasteiger charge is -2.44. The van der Waals surface area contributed by atoms with E-state index < -0.39 is 0 Å². The summed E-state index contributed by atoms with van der Waals surface area (Å²) in [5, 5.41) is 8.09. The molecule has 0 radical (unpaired) electrons. The van der Waals surface area contributed by atoms with Gasteiger partial charge in [-0.15, -0.1) is 22.7 Å². The molecule has 0 fully saturated rings. The molecule has 8 aromatic carbocycles. The summed E-state index contributed by atoms with van der Waals surface area (Å²) in [4.78, 5) is 2.74. The van der Waals surface area contributed by atoms with Crippen LogP contribution in [0.2, 0.25) is 0 Å². The third-order valence-corrected chi connectivity index (χ3v) is 17.5. The maximum atomic E-state index is 2.74. The van der Waals surface area contributed by atoms with Crippen LogP contribution in [0, 0.1) is 0 Å². The normalized spacial score (nSPS) is 14.9. The Morgan fingerprint density at radius 1 is 0.516 bits per heavy atom. The predicted molar refractivity (Wildman–Crippen MR) is 281 cm³/mol. The van der Waals surface area contributed by atoms with E-state index in [1.807, 2.05) is 22.7 Å². The highest BCUT2D eigenvalue weighted by atomic mass is 32.1. The number of aromatic nitrogens is 1. The van der Waals surface area contributed by atoms with Crippen LogP contribution < -0.4 is 15.7 Å². The van der Waals surface area contributed by atoms with E-state index in [0.29, 0.717) is 0 Å². The SMILES string of the molecule is CC(C)(C)c1ccc(N2B3c4cc5sc6ccccc6c5cc4-n4c5ccc(C(C)(C)C)cc5c5c6c(c(c3c54)-c3cc4c(cc32)sc2ccccc24)C(C)(C)c2ccccc2-6)cc1. The highest BCUT2D eigenvalue weighted by Crippen LogP contribution is 2.60. The van der Waals surface area contributed by atoms with Crippen LogP contribution in [0.15, 0.2) is 140 Å². The van der Waals surface area contributed by atoms with Gasteiger partial charge >= 0.3 is 6.85 Å². The van der Waals surface area contributed by atoms with Gasteiger partial charge in [0.05, 0.1) is 11.0 Å². The fourth-order valence-corrected chi connectivity index (χ4v) is 14.4. The number of fused-ring (bicyclic) bond motifs is 19. The lowest BCUT2D eigenvalue weighted by Crippen LogP contribution is -2.61. The summed E-state index contributed by atoms with van der Waals surface area (Å²) in [5.74, 6) is 0. The van der Waals surface area contributed by atoms with E-state index in [1.165, 1.54) is 135 Å². The molecule has 2 aliphatic heterocycles. The molecule has 3 aliphatic rings. The molecule has 5 heterocycles. The lowest BCUT2D eigenvalue weighted by molar-refractivity contribution is 0.590. The predicted octanol–water partition coefficient (Wildman–Crippen LogP) is 15.7. The summed E-state index contributed by atoms with van der Waals surface area (Å²) in [6.45, 7) is 18.9. The van der Waals surface area contributed by atoms with Crippen LogP contribution in [0.5, 0.6) is 0 Å². The van der Waals surface area contributed by atoms with Gasteiger partial charge in [-0.05, 0) is 121 Å². The van der Waals surface area contributed by atoms with Crippen molar-refractivity contribution in [1.29, 1.82) is 0 Å². The summed E-state index contributed by atoms with van der Waals surface area (Å²) in [6, 6.07) is 54.6. The largest absolute Gasteiger partial charge is 0.376 e. The summed E-state index contributed by atoms with van der Waals surface area (Å²) >= 11 is 3.85. The first-order valence-corrected chi connectivity index (χ1v) is 24.5. The molecule has 0 amide bonds. The Hall–Kier alpha value is -6.14. The van der Waals surface area contributed by atoms with Crippen molar-refractivity contribution in [3.8, 4) is 27.9 Å². The van der Waals surface area contributed by atoms with Crippen LogP contribution in [0.25, 0.3) is 90.1 Å². The quantitative estimate of drug-likeness (QED) is 0.149. The Labute approximate surface area is 382 Å². The van der Waals surface area contributed by atoms with Crippen LogP contribution in [0.1, 0.15) is 77.6 Å². The fourth-order valence-electron chi connectivity index (χ4n) is 12.2. The minimum atomic E-state index is -0.248. The highest BCUT2D eigenvalue weighted by molar-refractivity contribution is 7.26. The third kappa shape index (κ3) is 4.66. The Balaban J connectivity index is 1.24. The third-order valence-electron chi connectivity index (χ3n) is 15.2. The van der Waals surface area contributed by atoms with Gasteiger partial charge in [0.2, 0.25) is 0 Å². The number of hydrogen-bond donors (Lipinski definition) is 0. The molecule has 14 rings (SSSR count). The van der Waals surface area contributed by atoms with Crippen LogP contribution in [-0.4, -0.2) is 11.4 Å². The van der Waals surface area contributed by atoms with E-state index in [-0.39, 0.29) is 23.1 Å². The Morgan fingerprint density at radius 3 is 1.84 bits per heavy atom. The summed E-state index contributed by atoms with van der Waals surface area (Å²) in [7, 11) is 0. The van der Waals surface area contributed by atoms with E-state index in [1.54, 1.807) is 0 Å². The monoisotopic (exact) mass is 858 g/mol. The zero-order chi connectivity index (χ0) is 43.3. The second-order valence-corrected chi connectivity index (χ2v) is 23.5. The number of hydrogen-bond acceptors (Lipinski definition) is 3. The zero-order valence-electron chi connectivity index (χ0n) is 37.6. The van der Waals surface area contributed by atoms with Crippen molar-refractivity contribution in [3.63, 3.8) is 0 Å². The van der Waals surface area contributed by atoms with Crippen molar-refractivity contribution in [2.45, 2.75) is 71.6 Å². The zero-order valence-corrected chi connectivity index (χ0v) is 39.2. The maximum absolute atomic E-state index is 2.74. The molecule has 1 aliphatic carbocycles. The van der Waals surface area contributed by atoms with Crippen molar-refractivity contribution < 1.29 is 0 Å². The smallest absolute Gasteiger partial charge is 0.333 e. The molecule has 5 heteroatoms. The lowest BCUT2D eigenvalue weighted by atomic mass is 9.43. The Bertz CT molecular complexity index is 3900. The number of rotatable bonds is 1. The first-order chi connectivity index (χ1) is 30.8. The molecule has 0 unspecified atom stereocenters. The van der Waals surface area contributed by atoms with Gasteiger partial charge in [-0.2, -0.15) is 0 Å². The molecule has 0 saturated carbocycles. The fraction of sp³-hybridized carbons (Fsp3) is 0.186. The van der Waals surface area contributed by atoms with Crippen molar-refractivity contribution in [2.24, 2.45) is 0 Å². The van der Waals surface area contributed by atoms with Crippen LogP contribution in [-0.2, 0) is 16.2 Å². The average molecular weight is 859 g/mol. The topological polar surface area (TPSA) is 8.17 Å². The van der Waals surface area contributed by atoms with Crippen LogP contribution in [0.3, 0.4) is 0 Å². The first kappa shape index (κ1) is 37.3. The second-order valence-electron chi connectivity index (χ2n) is 21.3. The van der Waals surface area contributed by atoms with Crippen LogP contribution >= 0.6 is 22.7 Å². The molecular formula is C59H47BN2S2. The van der Waals surface area contributed by atoms with Gasteiger partial charge in [0.15, 0.2) is 0 Å². The molecule has 0 spiro atoms. The van der Waals surface area contributed by atoms with E-state index in [4.69, 9.17) is 0 Å². The molecule has 64 heavy (non-hydrogen) atoms. The minimum absolute atomic E-state index is 0.0107. The molecular weight excluding hydrogens is 812 g/mol. The number of anilines is 2. The van der Waals surface area contributed by atoms with Gasteiger partial charge in [-0.25, -0.2) is 0 Å². The van der Waals surface area contributed by atoms with Crippen molar-refractivity contribution in [3.05, 3.63) is 162 Å². The molecule has 3 aromatic heterocycles. The van der Waals surface area contributed by atoms with Crippen molar-refractivity contribution >= 4 is 114 Å². The standard InChI is InChI=1S/C59H47BN2S2/c1-57(2,3)32-21-24-34(25-22-32)62-45-31-50-38(35-15-10-13-19-47(35)64-50)28-41(45)53-54-51(37-17-9-12-18-42(37)59(54,7)8)52-40-27-33(58(4,5)6)23-26-44(40)61-46-29-39-36-16-11-14-20-48(36)63-49(39)30-43(46)60(62)55(53)56(52)61/h9-31H,1-8H3. The molecule has 0 bridgehead atoms. The molecule has 2 nitrogen and oxygen atoms in total. The molecule has 0 atom stereocenters. The Morgan fingerprint density at radius 2 is 1.14 bits per heavy atom. The minimum Gasteiger partial charge on any atom is -0.376 e. The van der Waals surface area contributed by atoms with Gasteiger partial charge in [0.25, 0.3) is 0 Å². The van der Waals surface area contributed by atoms with Gasteiger partial charge in [-0.3, -0.25) is 0 Å². The van der Waals surface area contributed by atoms with E-state index in [2.05, 4.69) is 204 Å². The van der Waals surface area contributed by atoms with Gasteiger partial charge in [0.1, 0.15) is 0 Å². The highest BCUT2D eigenvalue weighted by Gasteiger charge is 2.50.